The van der Waals surface area contributed by atoms with Crippen LogP contribution in [0.4, 0.5) is 5.69 Å². The number of rotatable bonds is 9. The summed E-state index contributed by atoms with van der Waals surface area (Å²) < 4.78 is 19.6. The van der Waals surface area contributed by atoms with Gasteiger partial charge in [-0.2, -0.15) is 5.10 Å². The van der Waals surface area contributed by atoms with Gasteiger partial charge in [0, 0.05) is 31.2 Å². The van der Waals surface area contributed by atoms with Crippen LogP contribution < -0.4 is 24.7 Å². The molecule has 36 heavy (non-hydrogen) atoms. The number of hydrogen-bond donors (Lipinski definition) is 1. The van der Waals surface area contributed by atoms with Crippen LogP contribution in [0.1, 0.15) is 5.56 Å². The molecular formula is C26H28N4O6. The van der Waals surface area contributed by atoms with Crippen molar-refractivity contribution in [2.45, 2.75) is 6.54 Å². The topological polar surface area (TPSA) is 108 Å². The third-order valence-corrected chi connectivity index (χ3v) is 6.01. The molecule has 10 nitrogen and oxygen atoms in total. The van der Waals surface area contributed by atoms with Crippen molar-refractivity contribution in [1.29, 1.82) is 0 Å². The van der Waals surface area contributed by atoms with E-state index in [1.165, 1.54) is 18.8 Å². The summed E-state index contributed by atoms with van der Waals surface area (Å²) in [5.74, 6) is 0.666. The van der Waals surface area contributed by atoms with E-state index in [0.29, 0.717) is 34.6 Å². The summed E-state index contributed by atoms with van der Waals surface area (Å²) in [5, 5.41) is 14.4. The van der Waals surface area contributed by atoms with Crippen LogP contribution >= 0.6 is 0 Å². The van der Waals surface area contributed by atoms with Crippen LogP contribution in [-0.2, 0) is 18.4 Å². The Balaban J connectivity index is 1.85. The first-order chi connectivity index (χ1) is 17.3. The molecule has 0 saturated carbocycles. The van der Waals surface area contributed by atoms with Gasteiger partial charge in [0.05, 0.1) is 34.1 Å². The fraction of sp³-hybridized carbons (Fsp3) is 0.269. The second kappa shape index (κ2) is 10.0. The number of aliphatic carboxylic acids is 1. The Kier molecular flexibility index (Phi) is 6.86. The second-order valence-electron chi connectivity index (χ2n) is 8.35. The maximum atomic E-state index is 13.1. The molecule has 0 spiro atoms. The Morgan fingerprint density at radius 1 is 1.06 bits per heavy atom. The highest BCUT2D eigenvalue weighted by molar-refractivity contribution is 5.95. The molecule has 0 aliphatic rings. The van der Waals surface area contributed by atoms with Crippen molar-refractivity contribution in [3.8, 4) is 28.4 Å². The molecule has 0 fully saturated rings. The molecule has 10 heteroatoms. The van der Waals surface area contributed by atoms with Gasteiger partial charge in [0.1, 0.15) is 35.0 Å². The predicted octanol–water partition coefficient (Wildman–Crippen LogP) is 3.00. The molecule has 0 unspecified atom stereocenters. The minimum absolute atomic E-state index is 0.170. The molecule has 4 rings (SSSR count). The fourth-order valence-electron chi connectivity index (χ4n) is 4.26. The number of fused-ring (bicyclic) bond motifs is 1. The van der Waals surface area contributed by atoms with Gasteiger partial charge in [0.25, 0.3) is 5.56 Å². The molecule has 2 aromatic heterocycles. The van der Waals surface area contributed by atoms with Gasteiger partial charge >= 0.3 is 5.97 Å². The van der Waals surface area contributed by atoms with E-state index in [0.717, 1.165) is 22.4 Å². The fourth-order valence-corrected chi connectivity index (χ4v) is 4.26. The van der Waals surface area contributed by atoms with Gasteiger partial charge in [-0.15, -0.1) is 0 Å². The highest BCUT2D eigenvalue weighted by Crippen LogP contribution is 2.42. The van der Waals surface area contributed by atoms with Crippen LogP contribution in [0, 0.1) is 0 Å². The molecule has 4 aromatic rings. The SMILES string of the molecule is COc1ccc(Cn2ncc3c(-c4cc(OC)c(N(C)CC(=O)O)c(OC)c4)cn(C)c(=O)c32)cc1. The monoisotopic (exact) mass is 492 g/mol. The summed E-state index contributed by atoms with van der Waals surface area (Å²) in [6, 6.07) is 11.2. The van der Waals surface area contributed by atoms with Crippen molar-refractivity contribution in [2.24, 2.45) is 7.05 Å². The number of hydrogen-bond acceptors (Lipinski definition) is 7. The van der Waals surface area contributed by atoms with E-state index in [9.17, 15) is 14.7 Å². The predicted molar refractivity (Wildman–Crippen MR) is 137 cm³/mol. The molecule has 0 atom stereocenters. The molecule has 188 valence electrons. The van der Waals surface area contributed by atoms with Gasteiger partial charge in [-0.05, 0) is 35.4 Å². The van der Waals surface area contributed by atoms with Gasteiger partial charge in [-0.3, -0.25) is 14.3 Å². The van der Waals surface area contributed by atoms with Crippen LogP contribution in [0.25, 0.3) is 22.0 Å². The number of aromatic nitrogens is 3. The van der Waals surface area contributed by atoms with E-state index in [1.54, 1.807) is 55.3 Å². The van der Waals surface area contributed by atoms with E-state index in [2.05, 4.69) is 5.10 Å². The molecule has 0 aliphatic heterocycles. The number of likely N-dealkylation sites (N-methyl/N-ethyl adjacent to an activating group) is 1. The van der Waals surface area contributed by atoms with Crippen LogP contribution in [0.2, 0.25) is 0 Å². The van der Waals surface area contributed by atoms with E-state index in [-0.39, 0.29) is 12.1 Å². The maximum absolute atomic E-state index is 13.1. The molecule has 0 saturated heterocycles. The lowest BCUT2D eigenvalue weighted by Gasteiger charge is -2.23. The lowest BCUT2D eigenvalue weighted by Crippen LogP contribution is -2.26. The van der Waals surface area contributed by atoms with Gasteiger partial charge in [0.15, 0.2) is 0 Å². The number of aryl methyl sites for hydroxylation is 1. The molecule has 0 bridgehead atoms. The van der Waals surface area contributed by atoms with Crippen molar-refractivity contribution in [3.05, 3.63) is 64.7 Å². The molecule has 0 radical (unpaired) electrons. The number of methoxy groups -OCH3 is 3. The van der Waals surface area contributed by atoms with Gasteiger partial charge in [0.2, 0.25) is 0 Å². The third-order valence-electron chi connectivity index (χ3n) is 6.01. The van der Waals surface area contributed by atoms with E-state index in [1.807, 2.05) is 24.3 Å². The van der Waals surface area contributed by atoms with Crippen molar-refractivity contribution >= 4 is 22.6 Å². The Labute approximate surface area is 207 Å². The van der Waals surface area contributed by atoms with E-state index in [4.69, 9.17) is 14.2 Å². The first kappa shape index (κ1) is 24.6. The van der Waals surface area contributed by atoms with E-state index < -0.39 is 5.97 Å². The highest BCUT2D eigenvalue weighted by atomic mass is 16.5. The van der Waals surface area contributed by atoms with Crippen LogP contribution in [0.15, 0.2) is 53.6 Å². The van der Waals surface area contributed by atoms with Crippen molar-refractivity contribution < 1.29 is 24.1 Å². The van der Waals surface area contributed by atoms with Crippen molar-refractivity contribution in [2.75, 3.05) is 39.8 Å². The number of pyridine rings is 1. The first-order valence-electron chi connectivity index (χ1n) is 11.1. The van der Waals surface area contributed by atoms with Crippen LogP contribution in [-0.4, -0.2) is 60.3 Å². The zero-order valence-corrected chi connectivity index (χ0v) is 20.8. The average molecular weight is 493 g/mol. The van der Waals surface area contributed by atoms with Crippen LogP contribution in [0.5, 0.6) is 17.2 Å². The molecular weight excluding hydrogens is 464 g/mol. The standard InChI is InChI=1S/C26H28N4O6/c1-28(15-23(31)32)25-21(35-4)10-17(11-22(25)36-5)20-14-29(2)26(33)24-19(20)12-27-30(24)13-16-6-8-18(34-3)9-7-16/h6-12,14H,13,15H2,1-5H3,(H,31,32). The van der Waals surface area contributed by atoms with Gasteiger partial charge in [-0.25, -0.2) is 0 Å². The van der Waals surface area contributed by atoms with Crippen molar-refractivity contribution in [3.63, 3.8) is 0 Å². The lowest BCUT2D eigenvalue weighted by atomic mass is 10.0. The quantitative estimate of drug-likeness (QED) is 0.380. The number of carboxylic acids is 1. The lowest BCUT2D eigenvalue weighted by molar-refractivity contribution is -0.135. The second-order valence-corrected chi connectivity index (χ2v) is 8.35. The molecule has 2 heterocycles. The van der Waals surface area contributed by atoms with E-state index >= 15 is 0 Å². The highest BCUT2D eigenvalue weighted by Gasteiger charge is 2.21. The number of nitrogens with zero attached hydrogens (tertiary/aromatic N) is 4. The van der Waals surface area contributed by atoms with Crippen molar-refractivity contribution in [1.82, 2.24) is 14.3 Å². The zero-order chi connectivity index (χ0) is 26.0. The molecule has 1 N–H and O–H groups in total. The third kappa shape index (κ3) is 4.57. The smallest absolute Gasteiger partial charge is 0.323 e. The zero-order valence-electron chi connectivity index (χ0n) is 20.8. The summed E-state index contributed by atoms with van der Waals surface area (Å²) in [6.07, 6.45) is 3.43. The summed E-state index contributed by atoms with van der Waals surface area (Å²) in [6.45, 7) is 0.187. The number of anilines is 1. The van der Waals surface area contributed by atoms with Gasteiger partial charge < -0.3 is 28.8 Å². The number of benzene rings is 2. The normalized spacial score (nSPS) is 10.9. The largest absolute Gasteiger partial charge is 0.497 e. The first-order valence-corrected chi connectivity index (χ1v) is 11.1. The Bertz CT molecular complexity index is 1450. The number of ether oxygens (including phenoxy) is 3. The molecule has 0 aliphatic carbocycles. The summed E-state index contributed by atoms with van der Waals surface area (Å²) in [5.41, 5.74) is 3.29. The summed E-state index contributed by atoms with van der Waals surface area (Å²) in [4.78, 5) is 26.0. The number of carboxylic acid groups (broad SMARTS) is 1. The minimum atomic E-state index is -0.977. The Hall–Kier alpha value is -4.47. The number of carbonyl (C=O) groups is 1. The Morgan fingerprint density at radius 3 is 2.25 bits per heavy atom. The molecule has 0 amide bonds. The summed E-state index contributed by atoms with van der Waals surface area (Å²) in [7, 11) is 7.99. The average Bonchev–Trinajstić information content (AvgIpc) is 3.29. The Morgan fingerprint density at radius 2 is 1.69 bits per heavy atom. The molecule has 2 aromatic carbocycles. The van der Waals surface area contributed by atoms with Gasteiger partial charge in [-0.1, -0.05) is 12.1 Å². The minimum Gasteiger partial charge on any atom is -0.497 e. The maximum Gasteiger partial charge on any atom is 0.323 e. The summed E-state index contributed by atoms with van der Waals surface area (Å²) >= 11 is 0. The van der Waals surface area contributed by atoms with Crippen LogP contribution in [0.3, 0.4) is 0 Å².